The molecular weight excluding hydrogens is 217 g/mol. The van der Waals surface area contributed by atoms with Gasteiger partial charge in [0.05, 0.1) is 16.3 Å². The molecule has 0 radical (unpaired) electrons. The van der Waals surface area contributed by atoms with Crippen LogP contribution in [0.5, 0.6) is 0 Å². The fraction of sp³-hybridized carbons (Fsp3) is 0.400. The van der Waals surface area contributed by atoms with E-state index in [4.69, 9.17) is 5.73 Å². The highest BCUT2D eigenvalue weighted by Crippen LogP contribution is 2.23. The van der Waals surface area contributed by atoms with Crippen LogP contribution in [0.3, 0.4) is 0 Å². The molecular formula is C10H14FNO2S. The molecule has 1 rings (SSSR count). The van der Waals surface area contributed by atoms with Gasteiger partial charge in [-0.25, -0.2) is 12.8 Å². The van der Waals surface area contributed by atoms with E-state index in [2.05, 4.69) is 0 Å². The highest BCUT2D eigenvalue weighted by molar-refractivity contribution is 7.91. The van der Waals surface area contributed by atoms with Crippen molar-refractivity contribution < 1.29 is 12.8 Å². The third kappa shape index (κ3) is 3.20. The number of rotatable bonds is 3. The number of benzene rings is 1. The second kappa shape index (κ2) is 3.81. The predicted octanol–water partition coefficient (Wildman–Crippen LogP) is 1.79. The molecule has 3 nitrogen and oxygen atoms in total. The number of alkyl halides is 1. The molecule has 0 unspecified atom stereocenters. The molecule has 0 aliphatic carbocycles. The number of hydrogen-bond acceptors (Lipinski definition) is 3. The summed E-state index contributed by atoms with van der Waals surface area (Å²) < 4.78 is 36.8. The summed E-state index contributed by atoms with van der Waals surface area (Å²) in [6.07, 6.45) is 0. The van der Waals surface area contributed by atoms with Crippen molar-refractivity contribution in [2.45, 2.75) is 24.4 Å². The average Bonchev–Trinajstić information content (AvgIpc) is 1.99. The Morgan fingerprint density at radius 1 is 1.33 bits per heavy atom. The summed E-state index contributed by atoms with van der Waals surface area (Å²) in [7, 11) is -3.65. The standard InChI is InChI=1S/C10H14FNO2S/c1-10(2,11)7-15(13,14)9-6-4-3-5-8(9)12/h3-6H,7,12H2,1-2H3. The topological polar surface area (TPSA) is 60.2 Å². The summed E-state index contributed by atoms with van der Waals surface area (Å²) in [4.78, 5) is -0.00396. The molecule has 0 fully saturated rings. The molecule has 2 N–H and O–H groups in total. The van der Waals surface area contributed by atoms with Gasteiger partial charge in [0.2, 0.25) is 0 Å². The van der Waals surface area contributed by atoms with Crippen molar-refractivity contribution in [1.29, 1.82) is 0 Å². The summed E-state index contributed by atoms with van der Waals surface area (Å²) >= 11 is 0. The number of nitrogens with two attached hydrogens (primary N) is 1. The zero-order valence-corrected chi connectivity index (χ0v) is 9.51. The Kier molecular flexibility index (Phi) is 3.04. The molecule has 0 aliphatic heterocycles. The minimum atomic E-state index is -3.65. The van der Waals surface area contributed by atoms with Gasteiger partial charge in [0, 0.05) is 0 Å². The summed E-state index contributed by atoms with van der Waals surface area (Å²) in [6.45, 7) is 2.45. The summed E-state index contributed by atoms with van der Waals surface area (Å²) in [6, 6.07) is 6.07. The Morgan fingerprint density at radius 3 is 2.33 bits per heavy atom. The van der Waals surface area contributed by atoms with Crippen molar-refractivity contribution in [2.75, 3.05) is 11.5 Å². The van der Waals surface area contributed by atoms with Gasteiger partial charge in [-0.15, -0.1) is 0 Å². The van der Waals surface area contributed by atoms with Gasteiger partial charge in [-0.05, 0) is 26.0 Å². The van der Waals surface area contributed by atoms with Gasteiger partial charge in [-0.3, -0.25) is 0 Å². The Morgan fingerprint density at radius 2 is 1.87 bits per heavy atom. The quantitative estimate of drug-likeness (QED) is 0.807. The second-order valence-corrected chi connectivity index (χ2v) is 5.97. The number of para-hydroxylation sites is 1. The molecule has 0 aliphatic rings. The largest absolute Gasteiger partial charge is 0.398 e. The fourth-order valence-electron chi connectivity index (χ4n) is 1.29. The van der Waals surface area contributed by atoms with Crippen molar-refractivity contribution >= 4 is 15.5 Å². The molecule has 0 saturated carbocycles. The van der Waals surface area contributed by atoms with Crippen LogP contribution in [0, 0.1) is 0 Å². The van der Waals surface area contributed by atoms with Crippen LogP contribution in [0.2, 0.25) is 0 Å². The zero-order valence-electron chi connectivity index (χ0n) is 8.70. The predicted molar refractivity (Wildman–Crippen MR) is 58.1 cm³/mol. The minimum absolute atomic E-state index is 0.00396. The Hall–Kier alpha value is -1.10. The van der Waals surface area contributed by atoms with E-state index in [1.807, 2.05) is 0 Å². The number of anilines is 1. The van der Waals surface area contributed by atoms with E-state index in [1.54, 1.807) is 12.1 Å². The van der Waals surface area contributed by atoms with Crippen LogP contribution in [0.1, 0.15) is 13.8 Å². The lowest BCUT2D eigenvalue weighted by Gasteiger charge is -2.15. The second-order valence-electron chi connectivity index (χ2n) is 4.02. The lowest BCUT2D eigenvalue weighted by atomic mass is 10.2. The van der Waals surface area contributed by atoms with Gasteiger partial charge < -0.3 is 5.73 Å². The van der Waals surface area contributed by atoms with Gasteiger partial charge in [-0.2, -0.15) is 0 Å². The Balaban J connectivity index is 3.13. The SMILES string of the molecule is CC(C)(F)CS(=O)(=O)c1ccccc1N. The van der Waals surface area contributed by atoms with Crippen molar-refractivity contribution in [2.24, 2.45) is 0 Å². The highest BCUT2D eigenvalue weighted by atomic mass is 32.2. The monoisotopic (exact) mass is 231 g/mol. The van der Waals surface area contributed by atoms with Crippen LogP contribution in [-0.4, -0.2) is 19.8 Å². The van der Waals surface area contributed by atoms with Crippen molar-refractivity contribution in [3.8, 4) is 0 Å². The molecule has 0 heterocycles. The third-order valence-electron chi connectivity index (χ3n) is 1.79. The molecule has 0 spiro atoms. The van der Waals surface area contributed by atoms with Crippen molar-refractivity contribution in [3.05, 3.63) is 24.3 Å². The summed E-state index contributed by atoms with van der Waals surface area (Å²) in [5, 5.41) is 0. The van der Waals surface area contributed by atoms with E-state index in [1.165, 1.54) is 26.0 Å². The summed E-state index contributed by atoms with van der Waals surface area (Å²) in [5.41, 5.74) is 3.92. The molecule has 84 valence electrons. The van der Waals surface area contributed by atoms with Crippen LogP contribution >= 0.6 is 0 Å². The maximum absolute atomic E-state index is 13.3. The molecule has 0 saturated heterocycles. The smallest absolute Gasteiger partial charge is 0.183 e. The molecule has 0 atom stereocenters. The fourth-order valence-corrected chi connectivity index (χ4v) is 3.07. The molecule has 0 amide bonds. The van der Waals surface area contributed by atoms with Crippen LogP contribution in [0.25, 0.3) is 0 Å². The van der Waals surface area contributed by atoms with Gasteiger partial charge in [-0.1, -0.05) is 12.1 Å². The van der Waals surface area contributed by atoms with Gasteiger partial charge in [0.25, 0.3) is 0 Å². The van der Waals surface area contributed by atoms with Crippen molar-refractivity contribution in [3.63, 3.8) is 0 Å². The van der Waals surface area contributed by atoms with Crippen molar-refractivity contribution in [1.82, 2.24) is 0 Å². The van der Waals surface area contributed by atoms with E-state index in [0.717, 1.165) is 0 Å². The first kappa shape index (κ1) is 12.0. The summed E-state index contributed by atoms with van der Waals surface area (Å²) in [5.74, 6) is -0.561. The first-order valence-electron chi connectivity index (χ1n) is 4.48. The van der Waals surface area contributed by atoms with Gasteiger partial charge in [0.15, 0.2) is 9.84 Å². The van der Waals surface area contributed by atoms with E-state index < -0.39 is 21.3 Å². The lowest BCUT2D eigenvalue weighted by Crippen LogP contribution is -2.26. The van der Waals surface area contributed by atoms with E-state index in [0.29, 0.717) is 0 Å². The number of halogens is 1. The minimum Gasteiger partial charge on any atom is -0.398 e. The van der Waals surface area contributed by atoms with E-state index >= 15 is 0 Å². The first-order chi connectivity index (χ1) is 6.72. The maximum Gasteiger partial charge on any atom is 0.183 e. The number of sulfone groups is 1. The van der Waals surface area contributed by atoms with Gasteiger partial charge >= 0.3 is 0 Å². The van der Waals surface area contributed by atoms with E-state index in [9.17, 15) is 12.8 Å². The molecule has 5 heteroatoms. The molecule has 1 aromatic rings. The average molecular weight is 231 g/mol. The van der Waals surface area contributed by atoms with E-state index in [-0.39, 0.29) is 10.6 Å². The maximum atomic E-state index is 13.3. The van der Waals surface area contributed by atoms with Crippen LogP contribution in [0.4, 0.5) is 10.1 Å². The van der Waals surface area contributed by atoms with Gasteiger partial charge in [0.1, 0.15) is 5.67 Å². The highest BCUT2D eigenvalue weighted by Gasteiger charge is 2.28. The molecule has 0 aromatic heterocycles. The van der Waals surface area contributed by atoms with Crippen LogP contribution < -0.4 is 5.73 Å². The number of nitrogen functional groups attached to an aromatic ring is 1. The van der Waals surface area contributed by atoms with Crippen LogP contribution in [0.15, 0.2) is 29.2 Å². The molecule has 0 bridgehead atoms. The molecule has 15 heavy (non-hydrogen) atoms. The Bertz CT molecular complexity index is 449. The number of hydrogen-bond donors (Lipinski definition) is 1. The van der Waals surface area contributed by atoms with Crippen LogP contribution in [-0.2, 0) is 9.84 Å². The molecule has 1 aromatic carbocycles. The zero-order chi connectivity index (χ0) is 11.7. The lowest BCUT2D eigenvalue weighted by molar-refractivity contribution is 0.249. The first-order valence-corrected chi connectivity index (χ1v) is 6.14. The normalized spacial score (nSPS) is 12.7. The Labute approximate surface area is 89.0 Å². The third-order valence-corrected chi connectivity index (χ3v) is 3.90.